The molecule has 19 heavy (non-hydrogen) atoms. The van der Waals surface area contributed by atoms with Gasteiger partial charge < -0.3 is 14.7 Å². The van der Waals surface area contributed by atoms with Crippen LogP contribution in [0, 0.1) is 0 Å². The average molecular weight is 272 g/mol. The second-order valence-corrected chi connectivity index (χ2v) is 5.45. The molecule has 1 N–H and O–H groups in total. The molecule has 0 aromatic heterocycles. The van der Waals surface area contributed by atoms with E-state index in [2.05, 4.69) is 0 Å². The van der Waals surface area contributed by atoms with Gasteiger partial charge >= 0.3 is 5.97 Å². The van der Waals surface area contributed by atoms with E-state index in [4.69, 9.17) is 9.84 Å². The smallest absolute Gasteiger partial charge is 0.317 e. The SMILES string of the molecule is CC1CN(C(=O)CN(CC(=O)O)C(C)C)CC(C)O1. The minimum atomic E-state index is -0.912. The molecule has 1 aliphatic heterocycles. The van der Waals surface area contributed by atoms with Gasteiger partial charge in [-0.25, -0.2) is 0 Å². The molecule has 0 radical (unpaired) electrons. The fourth-order valence-corrected chi connectivity index (χ4v) is 2.25. The van der Waals surface area contributed by atoms with Gasteiger partial charge in [0.25, 0.3) is 0 Å². The van der Waals surface area contributed by atoms with Crippen molar-refractivity contribution in [3.63, 3.8) is 0 Å². The molecule has 6 nitrogen and oxygen atoms in total. The fraction of sp³-hybridized carbons (Fsp3) is 0.846. The van der Waals surface area contributed by atoms with Crippen molar-refractivity contribution in [1.82, 2.24) is 9.80 Å². The maximum absolute atomic E-state index is 12.2. The molecule has 1 fully saturated rings. The molecule has 1 rings (SSSR count). The lowest BCUT2D eigenvalue weighted by atomic mass is 10.2. The molecule has 0 bridgehead atoms. The molecule has 2 atom stereocenters. The number of rotatable bonds is 5. The van der Waals surface area contributed by atoms with Crippen LogP contribution in [0.15, 0.2) is 0 Å². The fourth-order valence-electron chi connectivity index (χ4n) is 2.25. The summed E-state index contributed by atoms with van der Waals surface area (Å²) < 4.78 is 5.58. The molecule has 0 aromatic carbocycles. The van der Waals surface area contributed by atoms with E-state index in [1.165, 1.54) is 0 Å². The summed E-state index contributed by atoms with van der Waals surface area (Å²) in [5.41, 5.74) is 0. The second kappa shape index (κ2) is 6.86. The number of carboxylic acids is 1. The zero-order valence-corrected chi connectivity index (χ0v) is 12.1. The number of morpholine rings is 1. The lowest BCUT2D eigenvalue weighted by Gasteiger charge is -2.36. The van der Waals surface area contributed by atoms with Crippen LogP contribution in [0.25, 0.3) is 0 Å². The Hall–Kier alpha value is -1.14. The molecule has 1 amide bonds. The van der Waals surface area contributed by atoms with Crippen molar-refractivity contribution in [3.8, 4) is 0 Å². The quantitative estimate of drug-likeness (QED) is 0.785. The van der Waals surface area contributed by atoms with Gasteiger partial charge in [0, 0.05) is 19.1 Å². The standard InChI is InChI=1S/C13H24N2O4/c1-9(2)14(8-13(17)18)7-12(16)15-5-10(3)19-11(4)6-15/h9-11H,5-8H2,1-4H3,(H,17,18). The van der Waals surface area contributed by atoms with Crippen molar-refractivity contribution in [1.29, 1.82) is 0 Å². The minimum Gasteiger partial charge on any atom is -0.480 e. The Morgan fingerprint density at radius 1 is 1.26 bits per heavy atom. The summed E-state index contributed by atoms with van der Waals surface area (Å²) in [6.07, 6.45) is 0.0550. The number of amides is 1. The summed E-state index contributed by atoms with van der Waals surface area (Å²) >= 11 is 0. The van der Waals surface area contributed by atoms with Crippen LogP contribution in [0.5, 0.6) is 0 Å². The first kappa shape index (κ1) is 15.9. The number of hydrogen-bond acceptors (Lipinski definition) is 4. The number of carbonyl (C=O) groups is 2. The highest BCUT2D eigenvalue weighted by molar-refractivity contribution is 5.79. The summed E-state index contributed by atoms with van der Waals surface area (Å²) in [5, 5.41) is 8.85. The Morgan fingerprint density at radius 2 is 1.79 bits per heavy atom. The minimum absolute atomic E-state index is 0.0240. The summed E-state index contributed by atoms with van der Waals surface area (Å²) in [5.74, 6) is -0.942. The van der Waals surface area contributed by atoms with Gasteiger partial charge in [-0.05, 0) is 27.7 Å². The molecule has 0 aromatic rings. The highest BCUT2D eigenvalue weighted by Gasteiger charge is 2.27. The van der Waals surface area contributed by atoms with Gasteiger partial charge in [-0.2, -0.15) is 0 Å². The van der Waals surface area contributed by atoms with Crippen LogP contribution in [-0.2, 0) is 14.3 Å². The molecule has 6 heteroatoms. The normalized spacial score (nSPS) is 24.0. The highest BCUT2D eigenvalue weighted by Crippen LogP contribution is 2.11. The monoisotopic (exact) mass is 272 g/mol. The zero-order chi connectivity index (χ0) is 14.6. The molecule has 1 saturated heterocycles. The molecule has 1 heterocycles. The first-order valence-electron chi connectivity index (χ1n) is 6.68. The van der Waals surface area contributed by atoms with Crippen LogP contribution in [0.3, 0.4) is 0 Å². The molecule has 0 aliphatic carbocycles. The third-order valence-electron chi connectivity index (χ3n) is 3.18. The van der Waals surface area contributed by atoms with E-state index in [1.54, 1.807) is 9.80 Å². The summed E-state index contributed by atoms with van der Waals surface area (Å²) in [4.78, 5) is 26.4. The number of carbonyl (C=O) groups excluding carboxylic acids is 1. The molecule has 2 unspecified atom stereocenters. The molecule has 0 saturated carbocycles. The molecular formula is C13H24N2O4. The van der Waals surface area contributed by atoms with Gasteiger partial charge in [0.15, 0.2) is 0 Å². The predicted molar refractivity (Wildman–Crippen MR) is 70.9 cm³/mol. The van der Waals surface area contributed by atoms with Crippen LogP contribution >= 0.6 is 0 Å². The maximum Gasteiger partial charge on any atom is 0.317 e. The van der Waals surface area contributed by atoms with Crippen LogP contribution in [0.1, 0.15) is 27.7 Å². The Morgan fingerprint density at radius 3 is 2.21 bits per heavy atom. The number of nitrogens with zero attached hydrogens (tertiary/aromatic N) is 2. The van der Waals surface area contributed by atoms with E-state index < -0.39 is 5.97 Å². The van der Waals surface area contributed by atoms with E-state index in [1.807, 2.05) is 27.7 Å². The van der Waals surface area contributed by atoms with Crippen molar-refractivity contribution in [2.24, 2.45) is 0 Å². The molecule has 0 spiro atoms. The Bertz CT molecular complexity index is 323. The second-order valence-electron chi connectivity index (χ2n) is 5.45. The van der Waals surface area contributed by atoms with Crippen LogP contribution in [0.4, 0.5) is 0 Å². The van der Waals surface area contributed by atoms with Gasteiger partial charge in [-0.15, -0.1) is 0 Å². The van der Waals surface area contributed by atoms with Crippen molar-refractivity contribution in [2.75, 3.05) is 26.2 Å². The lowest BCUT2D eigenvalue weighted by molar-refractivity contribution is -0.146. The Labute approximate surface area is 114 Å². The average Bonchev–Trinajstić information content (AvgIpc) is 2.25. The number of carboxylic acid groups (broad SMARTS) is 1. The summed E-state index contributed by atoms with van der Waals surface area (Å²) in [7, 11) is 0. The van der Waals surface area contributed by atoms with Crippen molar-refractivity contribution in [2.45, 2.75) is 45.9 Å². The number of hydrogen-bond donors (Lipinski definition) is 1. The van der Waals surface area contributed by atoms with E-state index >= 15 is 0 Å². The lowest BCUT2D eigenvalue weighted by Crippen LogP contribution is -2.52. The van der Waals surface area contributed by atoms with Gasteiger partial charge in [0.2, 0.25) is 5.91 Å². The van der Waals surface area contributed by atoms with Crippen LogP contribution in [-0.4, -0.2) is 71.2 Å². The van der Waals surface area contributed by atoms with Crippen LogP contribution in [0.2, 0.25) is 0 Å². The summed E-state index contributed by atoms with van der Waals surface area (Å²) in [6, 6.07) is 0.0240. The number of aliphatic carboxylic acids is 1. The predicted octanol–water partition coefficient (Wildman–Crippen LogP) is 0.417. The first-order valence-corrected chi connectivity index (χ1v) is 6.68. The van der Waals surface area contributed by atoms with Gasteiger partial charge in [-0.3, -0.25) is 14.5 Å². The third kappa shape index (κ3) is 5.16. The van der Waals surface area contributed by atoms with E-state index in [0.29, 0.717) is 13.1 Å². The van der Waals surface area contributed by atoms with Gasteiger partial charge in [0.05, 0.1) is 25.3 Å². The van der Waals surface area contributed by atoms with Crippen molar-refractivity contribution >= 4 is 11.9 Å². The number of ether oxygens (including phenoxy) is 1. The van der Waals surface area contributed by atoms with Crippen molar-refractivity contribution < 1.29 is 19.4 Å². The van der Waals surface area contributed by atoms with Crippen LogP contribution < -0.4 is 0 Å². The van der Waals surface area contributed by atoms with Gasteiger partial charge in [0.1, 0.15) is 0 Å². The first-order chi connectivity index (χ1) is 8.79. The summed E-state index contributed by atoms with van der Waals surface area (Å²) in [6.45, 7) is 8.83. The Kier molecular flexibility index (Phi) is 5.75. The highest BCUT2D eigenvalue weighted by atomic mass is 16.5. The third-order valence-corrected chi connectivity index (χ3v) is 3.18. The van der Waals surface area contributed by atoms with Gasteiger partial charge in [-0.1, -0.05) is 0 Å². The van der Waals surface area contributed by atoms with E-state index in [0.717, 1.165) is 0 Å². The van der Waals surface area contributed by atoms with E-state index in [9.17, 15) is 9.59 Å². The Balaban J connectivity index is 2.58. The largest absolute Gasteiger partial charge is 0.480 e. The molecule has 1 aliphatic rings. The zero-order valence-electron chi connectivity index (χ0n) is 12.1. The topological polar surface area (TPSA) is 70.1 Å². The maximum atomic E-state index is 12.2. The van der Waals surface area contributed by atoms with E-state index in [-0.39, 0.29) is 37.2 Å². The van der Waals surface area contributed by atoms with Crippen molar-refractivity contribution in [3.05, 3.63) is 0 Å². The molecule has 110 valence electrons. The molecular weight excluding hydrogens is 248 g/mol.